The van der Waals surface area contributed by atoms with Gasteiger partial charge in [0.1, 0.15) is 0 Å². The molecule has 1 atom stereocenters. The van der Waals surface area contributed by atoms with Gasteiger partial charge in [0.2, 0.25) is 0 Å². The van der Waals surface area contributed by atoms with Crippen molar-refractivity contribution >= 4 is 34.3 Å². The summed E-state index contributed by atoms with van der Waals surface area (Å²) in [6.07, 6.45) is 4.50. The first-order chi connectivity index (χ1) is 20.2. The van der Waals surface area contributed by atoms with Gasteiger partial charge in [-0.25, -0.2) is 10.8 Å². The monoisotopic (exact) mass is 566 g/mol. The van der Waals surface area contributed by atoms with Gasteiger partial charge >= 0.3 is 5.97 Å². The number of hydrazine groups is 1. The molecule has 4 aromatic rings. The smallest absolute Gasteiger partial charge is 0.304 e. The Kier molecular flexibility index (Phi) is 7.36. The Bertz CT molecular complexity index is 1690. The number of nitrogen functional groups attached to an aromatic ring is 1. The van der Waals surface area contributed by atoms with Gasteiger partial charge in [0.15, 0.2) is 5.82 Å². The van der Waals surface area contributed by atoms with E-state index in [9.17, 15) is 14.7 Å². The second-order valence-corrected chi connectivity index (χ2v) is 11.7. The van der Waals surface area contributed by atoms with Crippen LogP contribution >= 0.6 is 0 Å². The van der Waals surface area contributed by atoms with E-state index in [4.69, 9.17) is 16.6 Å². The molecule has 5 N–H and O–H groups in total. The van der Waals surface area contributed by atoms with Crippen LogP contribution in [0, 0.1) is 6.92 Å². The zero-order valence-electron chi connectivity index (χ0n) is 24.3. The number of nitrogens with two attached hydrogens (primary N) is 2. The molecule has 1 amide bonds. The van der Waals surface area contributed by atoms with Crippen molar-refractivity contribution in [1.29, 1.82) is 0 Å². The summed E-state index contributed by atoms with van der Waals surface area (Å²) in [6.45, 7) is 3.64. The van der Waals surface area contributed by atoms with Gasteiger partial charge < -0.3 is 25.3 Å². The van der Waals surface area contributed by atoms with Crippen molar-refractivity contribution in [2.75, 3.05) is 23.8 Å². The molecule has 1 unspecified atom stereocenters. The van der Waals surface area contributed by atoms with E-state index in [0.717, 1.165) is 71.1 Å². The molecule has 42 heavy (non-hydrogen) atoms. The molecule has 0 fully saturated rings. The van der Waals surface area contributed by atoms with E-state index in [2.05, 4.69) is 30.3 Å². The number of imidazole rings is 1. The van der Waals surface area contributed by atoms with Crippen LogP contribution in [0.4, 0.5) is 11.4 Å². The van der Waals surface area contributed by atoms with Crippen LogP contribution in [0.15, 0.2) is 48.5 Å². The number of anilines is 2. The number of rotatable bonds is 2. The molecule has 218 valence electrons. The second-order valence-electron chi connectivity index (χ2n) is 11.7. The fraction of sp³-hybridized carbons (Fsp3) is 0.364. The third kappa shape index (κ3) is 5.09. The zero-order valence-corrected chi connectivity index (χ0v) is 24.3. The summed E-state index contributed by atoms with van der Waals surface area (Å²) in [5.74, 6) is 5.52. The lowest BCUT2D eigenvalue weighted by molar-refractivity contribution is -0.137. The number of benzene rings is 3. The molecule has 1 aromatic heterocycles. The van der Waals surface area contributed by atoms with Gasteiger partial charge in [0.05, 0.1) is 28.8 Å². The summed E-state index contributed by atoms with van der Waals surface area (Å²) in [5, 5.41) is 11.6. The molecule has 0 spiro atoms. The van der Waals surface area contributed by atoms with Crippen LogP contribution in [0.5, 0.6) is 0 Å². The second kappa shape index (κ2) is 11.1. The third-order valence-corrected chi connectivity index (χ3v) is 9.03. The summed E-state index contributed by atoms with van der Waals surface area (Å²) in [4.78, 5) is 32.4. The van der Waals surface area contributed by atoms with Gasteiger partial charge in [-0.05, 0) is 84.2 Å². The van der Waals surface area contributed by atoms with Gasteiger partial charge in [-0.15, -0.1) is 0 Å². The van der Waals surface area contributed by atoms with E-state index in [1.165, 1.54) is 11.1 Å². The maximum atomic E-state index is 13.8. The van der Waals surface area contributed by atoms with Crippen molar-refractivity contribution in [1.82, 2.24) is 14.5 Å². The Morgan fingerprint density at radius 1 is 1.02 bits per heavy atom. The number of nitrogens with zero attached hydrogens (tertiary/aromatic N) is 4. The first kappa shape index (κ1) is 27.8. The highest BCUT2D eigenvalue weighted by Crippen LogP contribution is 2.38. The Labute approximate surface area is 245 Å². The fourth-order valence-corrected chi connectivity index (χ4v) is 6.55. The average molecular weight is 567 g/mol. The number of aryl methyl sites for hydroxylation is 2. The van der Waals surface area contributed by atoms with E-state index >= 15 is 0 Å². The standard InChI is InChI=1S/C33H38N6O3/c1-20-25-10-12-29(31(20)34)39(35)14-5-3-4-6-21-7-11-28-27(16-21)36-32(37(28)2)33(42)38-15-13-22-8-9-23(17-24(22)19-38)26(25)18-30(40)41/h7-12,16-17,26H,3-6,13-15,18-19,34-35H2,1-2H3,(H,40,41). The molecule has 0 aliphatic carbocycles. The van der Waals surface area contributed by atoms with Crippen LogP contribution in [-0.2, 0) is 31.2 Å². The van der Waals surface area contributed by atoms with Crippen LogP contribution in [0.1, 0.15) is 75.6 Å². The lowest BCUT2D eigenvalue weighted by Crippen LogP contribution is -2.37. The third-order valence-electron chi connectivity index (χ3n) is 9.03. The zero-order chi connectivity index (χ0) is 29.5. The van der Waals surface area contributed by atoms with E-state index in [-0.39, 0.29) is 12.3 Å². The maximum absolute atomic E-state index is 13.8. The van der Waals surface area contributed by atoms with Crippen molar-refractivity contribution in [2.45, 2.75) is 57.9 Å². The van der Waals surface area contributed by atoms with Crippen molar-refractivity contribution in [3.63, 3.8) is 0 Å². The topological polar surface area (TPSA) is 131 Å². The number of carboxylic acid groups (broad SMARTS) is 1. The van der Waals surface area contributed by atoms with Crippen molar-refractivity contribution in [2.24, 2.45) is 12.9 Å². The molecule has 7 rings (SSSR count). The number of fused-ring (bicyclic) bond motifs is 7. The Balaban J connectivity index is 1.43. The summed E-state index contributed by atoms with van der Waals surface area (Å²) in [6, 6.07) is 16.3. The molecule has 0 saturated heterocycles. The number of hydrogen-bond acceptors (Lipinski definition) is 6. The predicted octanol–water partition coefficient (Wildman–Crippen LogP) is 4.68. The number of aliphatic carboxylic acids is 1. The van der Waals surface area contributed by atoms with Crippen molar-refractivity contribution in [3.8, 4) is 0 Å². The molecule has 9 nitrogen and oxygen atoms in total. The molecule has 0 radical (unpaired) electrons. The lowest BCUT2D eigenvalue weighted by atomic mass is 9.83. The molecule has 0 saturated carbocycles. The van der Waals surface area contributed by atoms with Gasteiger partial charge in [0.25, 0.3) is 5.91 Å². The Morgan fingerprint density at radius 2 is 1.86 bits per heavy atom. The minimum absolute atomic E-state index is 0.0742. The summed E-state index contributed by atoms with van der Waals surface area (Å²) in [5.41, 5.74) is 15.7. The largest absolute Gasteiger partial charge is 0.481 e. The van der Waals surface area contributed by atoms with Crippen LogP contribution in [-0.4, -0.2) is 44.5 Å². The van der Waals surface area contributed by atoms with Crippen LogP contribution < -0.4 is 16.6 Å². The van der Waals surface area contributed by atoms with Gasteiger partial charge in [0, 0.05) is 32.6 Å². The predicted molar refractivity (Wildman–Crippen MR) is 164 cm³/mol. The van der Waals surface area contributed by atoms with Gasteiger partial charge in [-0.1, -0.05) is 36.8 Å². The fourth-order valence-electron chi connectivity index (χ4n) is 6.55. The summed E-state index contributed by atoms with van der Waals surface area (Å²) in [7, 11) is 1.90. The first-order valence-electron chi connectivity index (χ1n) is 14.7. The SMILES string of the molecule is Cc1c2ccc(c1N)N(N)CCCCCc1ccc3c(c1)nc(n3C)C(=O)N1CCc3ccc(cc3C1)C2CC(=O)O. The number of amides is 1. The minimum atomic E-state index is -0.886. The van der Waals surface area contributed by atoms with Gasteiger partial charge in [-0.3, -0.25) is 9.59 Å². The number of carbonyl (C=O) groups is 2. The molecule has 8 bridgehead atoms. The summed E-state index contributed by atoms with van der Waals surface area (Å²) >= 11 is 0. The molecule has 3 aliphatic rings. The minimum Gasteiger partial charge on any atom is -0.481 e. The molecular formula is C33H38N6O3. The number of carbonyl (C=O) groups excluding carboxylic acids is 1. The van der Waals surface area contributed by atoms with E-state index in [0.29, 0.717) is 31.1 Å². The normalized spacial score (nSPS) is 17.7. The molecule has 4 heterocycles. The average Bonchev–Trinajstić information content (AvgIpc) is 3.31. The summed E-state index contributed by atoms with van der Waals surface area (Å²) < 4.78 is 1.89. The Morgan fingerprint density at radius 3 is 2.67 bits per heavy atom. The first-order valence-corrected chi connectivity index (χ1v) is 14.7. The highest BCUT2D eigenvalue weighted by molar-refractivity contribution is 5.95. The van der Waals surface area contributed by atoms with Crippen LogP contribution in [0.3, 0.4) is 0 Å². The molecule has 3 aliphatic heterocycles. The van der Waals surface area contributed by atoms with Gasteiger partial charge in [-0.2, -0.15) is 0 Å². The van der Waals surface area contributed by atoms with Crippen LogP contribution in [0.2, 0.25) is 0 Å². The Hall–Kier alpha value is -4.37. The quantitative estimate of drug-likeness (QED) is 0.237. The van der Waals surface area contributed by atoms with Crippen molar-refractivity contribution in [3.05, 3.63) is 87.7 Å². The number of hydrogen-bond donors (Lipinski definition) is 3. The highest BCUT2D eigenvalue weighted by Gasteiger charge is 2.28. The lowest BCUT2D eigenvalue weighted by Gasteiger charge is -2.30. The van der Waals surface area contributed by atoms with Crippen molar-refractivity contribution < 1.29 is 14.7 Å². The highest BCUT2D eigenvalue weighted by atomic mass is 16.4. The number of aromatic nitrogens is 2. The maximum Gasteiger partial charge on any atom is 0.304 e. The van der Waals surface area contributed by atoms with E-state index < -0.39 is 11.9 Å². The van der Waals surface area contributed by atoms with E-state index in [1.807, 2.05) is 41.6 Å². The molecular weight excluding hydrogens is 528 g/mol. The molecule has 3 aromatic carbocycles. The molecule has 9 heteroatoms. The van der Waals surface area contributed by atoms with E-state index in [1.54, 1.807) is 5.01 Å². The van der Waals surface area contributed by atoms with Crippen LogP contribution in [0.25, 0.3) is 11.0 Å². The number of carboxylic acids is 1.